The molecule has 0 unspecified atom stereocenters. The van der Waals surface area contributed by atoms with Crippen LogP contribution in [0.5, 0.6) is 5.75 Å². The Morgan fingerprint density at radius 1 is 0.852 bits per heavy atom. The summed E-state index contributed by atoms with van der Waals surface area (Å²) in [6, 6.07) is 11.7. The van der Waals surface area contributed by atoms with Crippen molar-refractivity contribution < 1.29 is 14.3 Å². The van der Waals surface area contributed by atoms with Crippen LogP contribution in [0.4, 0.5) is 0 Å². The summed E-state index contributed by atoms with van der Waals surface area (Å²) >= 11 is 0. The molecule has 0 saturated heterocycles. The maximum absolute atomic E-state index is 12.3. The first kappa shape index (κ1) is 18.3. The Morgan fingerprint density at radius 2 is 1.41 bits per heavy atom. The highest BCUT2D eigenvalue weighted by Crippen LogP contribution is 2.15. The van der Waals surface area contributed by atoms with Gasteiger partial charge >= 0.3 is 0 Å². The molecule has 2 N–H and O–H groups in total. The van der Waals surface area contributed by atoms with Crippen LogP contribution in [-0.4, -0.2) is 28.4 Å². The van der Waals surface area contributed by atoms with Gasteiger partial charge in [0.2, 0.25) is 0 Å². The average molecular weight is 364 g/mol. The molecular weight excluding hydrogens is 344 g/mol. The second kappa shape index (κ2) is 7.82. The van der Waals surface area contributed by atoms with Gasteiger partial charge in [-0.25, -0.2) is 9.97 Å². The lowest BCUT2D eigenvalue weighted by Crippen LogP contribution is -2.41. The quantitative estimate of drug-likeness (QED) is 0.695. The molecule has 0 spiro atoms. The van der Waals surface area contributed by atoms with Gasteiger partial charge in [-0.2, -0.15) is 0 Å². The number of aromatic nitrogens is 2. The number of aryl methyl sites for hydroxylation is 2. The van der Waals surface area contributed by atoms with Gasteiger partial charge in [-0.3, -0.25) is 20.4 Å². The Labute approximate surface area is 156 Å². The highest BCUT2D eigenvalue weighted by atomic mass is 16.5. The van der Waals surface area contributed by atoms with Crippen molar-refractivity contribution in [2.45, 2.75) is 20.8 Å². The summed E-state index contributed by atoms with van der Waals surface area (Å²) in [6.07, 6.45) is 0. The topological polar surface area (TPSA) is 93.2 Å². The first-order valence-corrected chi connectivity index (χ1v) is 8.56. The van der Waals surface area contributed by atoms with Crippen molar-refractivity contribution in [3.8, 4) is 5.75 Å². The number of rotatable bonds is 4. The maximum atomic E-state index is 12.3. The fourth-order valence-electron chi connectivity index (χ4n) is 2.50. The Kier molecular flexibility index (Phi) is 5.30. The van der Waals surface area contributed by atoms with E-state index in [9.17, 15) is 9.59 Å². The number of hydrogen-bond donors (Lipinski definition) is 2. The van der Waals surface area contributed by atoms with Crippen molar-refractivity contribution in [1.29, 1.82) is 0 Å². The molecule has 0 bridgehead atoms. The van der Waals surface area contributed by atoms with E-state index < -0.39 is 11.8 Å². The van der Waals surface area contributed by atoms with Crippen LogP contribution in [0, 0.1) is 13.8 Å². The van der Waals surface area contributed by atoms with Gasteiger partial charge in [-0.15, -0.1) is 0 Å². The van der Waals surface area contributed by atoms with Gasteiger partial charge in [0, 0.05) is 11.1 Å². The third-order valence-corrected chi connectivity index (χ3v) is 4.05. The largest absolute Gasteiger partial charge is 0.494 e. The Balaban J connectivity index is 1.67. The molecule has 0 atom stereocenters. The molecular formula is C20H20N4O3. The van der Waals surface area contributed by atoms with Gasteiger partial charge in [0.05, 0.1) is 29.0 Å². The van der Waals surface area contributed by atoms with Gasteiger partial charge in [-0.1, -0.05) is 0 Å². The molecule has 0 aliphatic carbocycles. The number of hydrogen-bond acceptors (Lipinski definition) is 5. The fourth-order valence-corrected chi connectivity index (χ4v) is 2.50. The van der Waals surface area contributed by atoms with Crippen LogP contribution < -0.4 is 15.6 Å². The highest BCUT2D eigenvalue weighted by Gasteiger charge is 2.11. The standard InChI is InChI=1S/C20H20N4O3/c1-4-27-16-8-5-14(6-9-16)19(25)23-24-20(26)15-7-10-17-18(11-15)22-13(3)12(2)21-17/h5-11H,4H2,1-3H3,(H,23,25)(H,24,26). The summed E-state index contributed by atoms with van der Waals surface area (Å²) in [6.45, 7) is 6.19. The summed E-state index contributed by atoms with van der Waals surface area (Å²) in [5.41, 5.74) is 8.61. The molecule has 7 nitrogen and oxygen atoms in total. The number of fused-ring (bicyclic) bond motifs is 1. The number of carbonyl (C=O) groups excluding carboxylic acids is 2. The highest BCUT2D eigenvalue weighted by molar-refractivity contribution is 6.00. The SMILES string of the molecule is CCOc1ccc(C(=O)NNC(=O)c2ccc3nc(C)c(C)nc3c2)cc1. The maximum Gasteiger partial charge on any atom is 0.269 e. The van der Waals surface area contributed by atoms with Crippen molar-refractivity contribution in [3.05, 3.63) is 65.0 Å². The summed E-state index contributed by atoms with van der Waals surface area (Å²) in [4.78, 5) is 33.4. The Bertz CT molecular complexity index is 1000. The lowest BCUT2D eigenvalue weighted by Gasteiger charge is -2.09. The number of amides is 2. The number of carbonyl (C=O) groups is 2. The van der Waals surface area contributed by atoms with Crippen molar-refractivity contribution in [2.75, 3.05) is 6.61 Å². The molecule has 1 heterocycles. The smallest absolute Gasteiger partial charge is 0.269 e. The van der Waals surface area contributed by atoms with Crippen molar-refractivity contribution in [1.82, 2.24) is 20.8 Å². The molecule has 138 valence electrons. The minimum atomic E-state index is -0.434. The summed E-state index contributed by atoms with van der Waals surface area (Å²) < 4.78 is 5.33. The van der Waals surface area contributed by atoms with E-state index in [0.29, 0.717) is 34.5 Å². The molecule has 0 radical (unpaired) electrons. The van der Waals surface area contributed by atoms with Crippen molar-refractivity contribution >= 4 is 22.8 Å². The lowest BCUT2D eigenvalue weighted by molar-refractivity contribution is 0.0846. The summed E-state index contributed by atoms with van der Waals surface area (Å²) in [7, 11) is 0. The van der Waals surface area contributed by atoms with Gasteiger partial charge in [0.25, 0.3) is 11.8 Å². The van der Waals surface area contributed by atoms with Crippen LogP contribution in [0.15, 0.2) is 42.5 Å². The number of benzene rings is 2. The van der Waals surface area contributed by atoms with Gasteiger partial charge in [-0.05, 0) is 63.2 Å². The van der Waals surface area contributed by atoms with Crippen LogP contribution in [0.2, 0.25) is 0 Å². The van der Waals surface area contributed by atoms with Crippen LogP contribution in [0.25, 0.3) is 11.0 Å². The number of nitrogens with zero attached hydrogens (tertiary/aromatic N) is 2. The van der Waals surface area contributed by atoms with Crippen molar-refractivity contribution in [2.24, 2.45) is 0 Å². The minimum absolute atomic E-state index is 0.382. The van der Waals surface area contributed by atoms with E-state index in [-0.39, 0.29) is 0 Å². The molecule has 2 amide bonds. The summed E-state index contributed by atoms with van der Waals surface area (Å²) in [5, 5.41) is 0. The minimum Gasteiger partial charge on any atom is -0.494 e. The zero-order chi connectivity index (χ0) is 19.4. The fraction of sp³-hybridized carbons (Fsp3) is 0.200. The third-order valence-electron chi connectivity index (χ3n) is 4.05. The third kappa shape index (κ3) is 4.20. The van der Waals surface area contributed by atoms with Crippen LogP contribution in [0.3, 0.4) is 0 Å². The number of hydrazine groups is 1. The molecule has 0 aliphatic rings. The zero-order valence-electron chi connectivity index (χ0n) is 15.4. The molecule has 0 saturated carbocycles. The van der Waals surface area contributed by atoms with E-state index in [4.69, 9.17) is 4.74 Å². The van der Waals surface area contributed by atoms with E-state index in [1.165, 1.54) is 0 Å². The Hall–Kier alpha value is -3.48. The van der Waals surface area contributed by atoms with Crippen LogP contribution in [0.1, 0.15) is 39.0 Å². The molecule has 3 rings (SSSR count). The predicted molar refractivity (Wildman–Crippen MR) is 102 cm³/mol. The predicted octanol–water partition coefficient (Wildman–Crippen LogP) is 2.72. The summed E-state index contributed by atoms with van der Waals surface area (Å²) in [5.74, 6) is -0.171. The number of nitrogens with one attached hydrogen (secondary N) is 2. The molecule has 7 heteroatoms. The van der Waals surface area contributed by atoms with Gasteiger partial charge in [0.1, 0.15) is 5.75 Å². The molecule has 1 aromatic heterocycles. The second-order valence-electron chi connectivity index (χ2n) is 5.96. The van der Waals surface area contributed by atoms with E-state index >= 15 is 0 Å². The molecule has 0 aliphatic heterocycles. The first-order valence-electron chi connectivity index (χ1n) is 8.56. The van der Waals surface area contributed by atoms with Gasteiger partial charge < -0.3 is 4.74 Å². The van der Waals surface area contributed by atoms with E-state index in [1.807, 2.05) is 20.8 Å². The van der Waals surface area contributed by atoms with E-state index in [1.54, 1.807) is 42.5 Å². The molecule has 2 aromatic carbocycles. The van der Waals surface area contributed by atoms with Crippen molar-refractivity contribution in [3.63, 3.8) is 0 Å². The first-order chi connectivity index (χ1) is 13.0. The lowest BCUT2D eigenvalue weighted by atomic mass is 10.1. The van der Waals surface area contributed by atoms with E-state index in [2.05, 4.69) is 20.8 Å². The molecule has 3 aromatic rings. The van der Waals surface area contributed by atoms with Crippen LogP contribution >= 0.6 is 0 Å². The van der Waals surface area contributed by atoms with Gasteiger partial charge in [0.15, 0.2) is 0 Å². The Morgan fingerprint density at radius 3 is 2.04 bits per heavy atom. The normalized spacial score (nSPS) is 10.5. The molecule has 27 heavy (non-hydrogen) atoms. The zero-order valence-corrected chi connectivity index (χ0v) is 15.4. The van der Waals surface area contributed by atoms with E-state index in [0.717, 1.165) is 11.4 Å². The average Bonchev–Trinajstić information content (AvgIpc) is 2.67. The monoisotopic (exact) mass is 364 g/mol. The van der Waals surface area contributed by atoms with Crippen LogP contribution in [-0.2, 0) is 0 Å². The number of ether oxygens (including phenoxy) is 1. The molecule has 0 fully saturated rings. The second-order valence-corrected chi connectivity index (χ2v) is 5.96.